The molecule has 5 fully saturated rings. The molecule has 2 N–H and O–H groups in total. The maximum Gasteiger partial charge on any atom is 0.313 e. The molecule has 42 heavy (non-hydrogen) atoms. The summed E-state index contributed by atoms with van der Waals surface area (Å²) in [5.74, 6) is 0.640. The normalized spacial score (nSPS) is 46.0. The first-order valence-electron chi connectivity index (χ1n) is 16.7. The van der Waals surface area contributed by atoms with E-state index in [4.69, 9.17) is 9.47 Å². The first kappa shape index (κ1) is 32.0. The van der Waals surface area contributed by atoms with Gasteiger partial charge in [0.15, 0.2) is 6.79 Å². The summed E-state index contributed by atoms with van der Waals surface area (Å²) in [6, 6.07) is 0. The lowest BCUT2D eigenvalue weighted by atomic mass is 9.32. The first-order valence-corrected chi connectivity index (χ1v) is 16.7. The third-order valence-corrected chi connectivity index (χ3v) is 14.5. The largest absolute Gasteiger partial charge is 0.481 e. The minimum absolute atomic E-state index is 0.0508. The van der Waals surface area contributed by atoms with Gasteiger partial charge in [-0.15, -0.1) is 0 Å². The van der Waals surface area contributed by atoms with Crippen LogP contribution in [-0.2, 0) is 19.1 Å². The zero-order valence-electron chi connectivity index (χ0n) is 27.7. The van der Waals surface area contributed by atoms with Crippen molar-refractivity contribution in [2.75, 3.05) is 13.4 Å². The summed E-state index contributed by atoms with van der Waals surface area (Å²) in [7, 11) is 0. The highest BCUT2D eigenvalue weighted by Crippen LogP contribution is 2.77. The van der Waals surface area contributed by atoms with Crippen molar-refractivity contribution in [3.8, 4) is 0 Å². The van der Waals surface area contributed by atoms with Crippen LogP contribution in [0.1, 0.15) is 120 Å². The minimum atomic E-state index is -0.697. The number of aliphatic hydroxyl groups excluding tert-OH is 1. The van der Waals surface area contributed by atoms with E-state index in [1.165, 1.54) is 0 Å². The number of hydrogen-bond acceptors (Lipinski definition) is 5. The standard InChI is InChI=1S/C36H58O6/c1-22(20-41-21-42-30(40)31(2,3)4)23-12-17-36(29(38)39)19-18-34(8)24(28(23)36)10-11-26-33(7)15-14-27(37)32(5,6)25(33)13-16-35(26,34)9/h23-28,37H,1,10-21H2,2-9H3,(H,38,39)/t23-,24?,25?,26?,27-,28?,33-,34+,35+,36-/m0/s1. The van der Waals surface area contributed by atoms with Crippen LogP contribution < -0.4 is 0 Å². The Kier molecular flexibility index (Phi) is 7.87. The molecule has 4 unspecified atom stereocenters. The summed E-state index contributed by atoms with van der Waals surface area (Å²) in [6.07, 6.45) is 9.47. The van der Waals surface area contributed by atoms with Crippen molar-refractivity contribution < 1.29 is 29.3 Å². The highest BCUT2D eigenvalue weighted by atomic mass is 16.7. The predicted octanol–water partition coefficient (Wildman–Crippen LogP) is 7.63. The molecule has 0 heterocycles. The number of aliphatic hydroxyl groups is 1. The molecule has 0 bridgehead atoms. The topological polar surface area (TPSA) is 93.1 Å². The molecule has 0 aromatic rings. The van der Waals surface area contributed by atoms with E-state index in [-0.39, 0.29) is 59.0 Å². The van der Waals surface area contributed by atoms with Crippen molar-refractivity contribution in [2.45, 2.75) is 126 Å². The van der Waals surface area contributed by atoms with Crippen molar-refractivity contribution >= 4 is 11.9 Å². The predicted molar refractivity (Wildman–Crippen MR) is 163 cm³/mol. The zero-order chi connectivity index (χ0) is 31.1. The number of carboxylic acids is 1. The fraction of sp³-hybridized carbons (Fsp3) is 0.889. The smallest absolute Gasteiger partial charge is 0.313 e. The number of aliphatic carboxylic acids is 1. The Morgan fingerprint density at radius 3 is 2.19 bits per heavy atom. The SMILES string of the molecule is C=C(COCOC(=O)C(C)(C)C)[C@@H]1CC[C@]2(C(=O)O)CC[C@]3(C)C(CCC4[C@@]5(C)CC[C@H](O)C(C)(C)C5CC[C@]43C)C12. The second-order valence-electron chi connectivity index (χ2n) is 17.5. The van der Waals surface area contributed by atoms with Crippen molar-refractivity contribution in [3.05, 3.63) is 12.2 Å². The molecule has 10 atom stereocenters. The Morgan fingerprint density at radius 2 is 1.55 bits per heavy atom. The lowest BCUT2D eigenvalue weighted by molar-refractivity contribution is -0.248. The average Bonchev–Trinajstić information content (AvgIpc) is 3.30. The van der Waals surface area contributed by atoms with Crippen molar-refractivity contribution in [1.82, 2.24) is 0 Å². The van der Waals surface area contributed by atoms with Crippen LogP contribution in [0.25, 0.3) is 0 Å². The molecule has 0 aromatic carbocycles. The van der Waals surface area contributed by atoms with Crippen LogP contribution in [0.5, 0.6) is 0 Å². The maximum absolute atomic E-state index is 13.1. The van der Waals surface area contributed by atoms with Crippen molar-refractivity contribution in [1.29, 1.82) is 0 Å². The van der Waals surface area contributed by atoms with E-state index in [0.29, 0.717) is 24.2 Å². The fourth-order valence-electron chi connectivity index (χ4n) is 12.0. The first-order chi connectivity index (χ1) is 19.4. The van der Waals surface area contributed by atoms with Crippen LogP contribution in [0.2, 0.25) is 0 Å². The molecule has 0 aliphatic heterocycles. The average molecular weight is 587 g/mol. The Bertz CT molecular complexity index is 1100. The minimum Gasteiger partial charge on any atom is -0.481 e. The van der Waals surface area contributed by atoms with Gasteiger partial charge in [0.1, 0.15) is 0 Å². The molecule has 6 heteroatoms. The van der Waals surface area contributed by atoms with Gasteiger partial charge in [0.2, 0.25) is 0 Å². The van der Waals surface area contributed by atoms with Crippen LogP contribution in [0, 0.1) is 62.1 Å². The Morgan fingerprint density at radius 1 is 0.857 bits per heavy atom. The van der Waals surface area contributed by atoms with Gasteiger partial charge in [-0.2, -0.15) is 0 Å². The van der Waals surface area contributed by atoms with Gasteiger partial charge in [-0.05, 0) is 142 Å². The highest BCUT2D eigenvalue weighted by Gasteiger charge is 2.72. The van der Waals surface area contributed by atoms with E-state index in [1.54, 1.807) is 0 Å². The van der Waals surface area contributed by atoms with Crippen LogP contribution in [0.4, 0.5) is 0 Å². The monoisotopic (exact) mass is 586 g/mol. The maximum atomic E-state index is 13.1. The van der Waals surface area contributed by atoms with Gasteiger partial charge in [0.25, 0.3) is 0 Å². The lowest BCUT2D eigenvalue weighted by Crippen LogP contribution is -2.67. The summed E-state index contributed by atoms with van der Waals surface area (Å²) in [5.41, 5.74) is -0.0228. The number of carbonyl (C=O) groups is 2. The van der Waals surface area contributed by atoms with Crippen molar-refractivity contribution in [2.24, 2.45) is 62.1 Å². The van der Waals surface area contributed by atoms with E-state index in [2.05, 4.69) is 41.2 Å². The second-order valence-corrected chi connectivity index (χ2v) is 17.5. The van der Waals surface area contributed by atoms with Gasteiger partial charge in [-0.1, -0.05) is 41.2 Å². The van der Waals surface area contributed by atoms with Gasteiger partial charge in [0.05, 0.1) is 23.5 Å². The molecule has 5 rings (SSSR count). The Labute approximate surface area is 254 Å². The van der Waals surface area contributed by atoms with Gasteiger partial charge in [-0.3, -0.25) is 9.59 Å². The molecule has 238 valence electrons. The van der Waals surface area contributed by atoms with Crippen LogP contribution >= 0.6 is 0 Å². The molecule has 0 saturated heterocycles. The summed E-state index contributed by atoms with van der Waals surface area (Å²) in [5, 5.41) is 21.8. The van der Waals surface area contributed by atoms with Crippen LogP contribution in [0.3, 0.4) is 0 Å². The number of esters is 1. The molecule has 0 amide bonds. The molecule has 5 aliphatic rings. The molecule has 6 nitrogen and oxygen atoms in total. The molecule has 5 saturated carbocycles. The molecular weight excluding hydrogens is 528 g/mol. The number of carboxylic acid groups (broad SMARTS) is 1. The summed E-state index contributed by atoms with van der Waals surface area (Å²) >= 11 is 0. The van der Waals surface area contributed by atoms with Gasteiger partial charge in [0, 0.05) is 0 Å². The molecular formula is C36H58O6. The zero-order valence-corrected chi connectivity index (χ0v) is 27.7. The quantitative estimate of drug-likeness (QED) is 0.144. The number of carbonyl (C=O) groups excluding carboxylic acids is 1. The number of hydrogen-bond donors (Lipinski definition) is 2. The van der Waals surface area contributed by atoms with Crippen LogP contribution in [-0.4, -0.2) is 41.7 Å². The van der Waals surface area contributed by atoms with Gasteiger partial charge >= 0.3 is 11.9 Å². The molecule has 0 spiro atoms. The van der Waals surface area contributed by atoms with E-state index < -0.39 is 16.8 Å². The van der Waals surface area contributed by atoms with E-state index in [1.807, 2.05) is 20.8 Å². The lowest BCUT2D eigenvalue weighted by Gasteiger charge is -2.72. The number of fused-ring (bicyclic) bond motifs is 7. The summed E-state index contributed by atoms with van der Waals surface area (Å²) < 4.78 is 11.1. The van der Waals surface area contributed by atoms with Crippen LogP contribution in [0.15, 0.2) is 12.2 Å². The fourth-order valence-corrected chi connectivity index (χ4v) is 12.0. The summed E-state index contributed by atoms with van der Waals surface area (Å²) in [4.78, 5) is 25.3. The summed E-state index contributed by atoms with van der Waals surface area (Å²) in [6.45, 7) is 22.3. The third-order valence-electron chi connectivity index (χ3n) is 14.5. The molecule has 5 aliphatic carbocycles. The Balaban J connectivity index is 1.40. The van der Waals surface area contributed by atoms with Crippen molar-refractivity contribution in [3.63, 3.8) is 0 Å². The number of rotatable bonds is 6. The molecule has 0 radical (unpaired) electrons. The third kappa shape index (κ3) is 4.46. The molecule has 0 aromatic heterocycles. The second kappa shape index (κ2) is 10.3. The number of ether oxygens (including phenoxy) is 2. The van der Waals surface area contributed by atoms with E-state index >= 15 is 0 Å². The van der Waals surface area contributed by atoms with E-state index in [9.17, 15) is 19.8 Å². The van der Waals surface area contributed by atoms with E-state index in [0.717, 1.165) is 63.4 Å². The van der Waals surface area contributed by atoms with Gasteiger partial charge < -0.3 is 19.7 Å². The Hall–Kier alpha value is -1.40. The highest BCUT2D eigenvalue weighted by molar-refractivity contribution is 5.76. The van der Waals surface area contributed by atoms with Gasteiger partial charge in [-0.25, -0.2) is 0 Å².